The van der Waals surface area contributed by atoms with Gasteiger partial charge in [0.1, 0.15) is 6.54 Å². The van der Waals surface area contributed by atoms with E-state index in [9.17, 15) is 18.0 Å². The summed E-state index contributed by atoms with van der Waals surface area (Å²) in [6, 6.07) is 26.3. The normalized spacial score (nSPS) is 11.6. The first kappa shape index (κ1) is 29.8. The summed E-state index contributed by atoms with van der Waals surface area (Å²) < 4.78 is 28.1. The molecule has 0 heterocycles. The Hall–Kier alpha value is -4.18. The molecule has 8 nitrogen and oxygen atoms in total. The summed E-state index contributed by atoms with van der Waals surface area (Å²) in [6.07, 6.45) is 0. The molecule has 0 fully saturated rings. The zero-order valence-corrected chi connectivity index (χ0v) is 24.5. The lowest BCUT2D eigenvalue weighted by molar-refractivity contribution is -0.119. The highest BCUT2D eigenvalue weighted by atomic mass is 35.5. The molecule has 0 aliphatic carbocycles. The topological polar surface area (TPSA) is 108 Å². The van der Waals surface area contributed by atoms with Gasteiger partial charge in [-0.2, -0.15) is 5.10 Å². The van der Waals surface area contributed by atoms with E-state index in [0.29, 0.717) is 22.5 Å². The van der Waals surface area contributed by atoms with Gasteiger partial charge in [-0.25, -0.2) is 13.8 Å². The van der Waals surface area contributed by atoms with Gasteiger partial charge in [-0.05, 0) is 74.0 Å². The molecule has 0 aliphatic rings. The number of carbonyl (C=O) groups is 2. The van der Waals surface area contributed by atoms with Gasteiger partial charge < -0.3 is 5.32 Å². The lowest BCUT2D eigenvalue weighted by atomic mass is 10.1. The highest BCUT2D eigenvalue weighted by molar-refractivity contribution is 7.92. The monoisotopic (exact) mass is 608 g/mol. The number of carbonyl (C=O) groups excluding carboxylic acids is 2. The standard InChI is InChI=1S/C30H26Cl2N4O4S/c1-20-11-13-28(14-12-20)41(39,40)36(27-17-24(31)16-25(32)18-27)19-29(37)35-34-21(2)23-9-6-10-26(15-23)33-30(38)22-7-4-3-5-8-22/h3-18H,19H2,1-2H3,(H,33,38)(H,35,37)/b34-21-. The largest absolute Gasteiger partial charge is 0.322 e. The van der Waals surface area contributed by atoms with Gasteiger partial charge in [-0.1, -0.05) is 71.2 Å². The number of halogens is 2. The Kier molecular flexibility index (Phi) is 9.44. The SMILES string of the molecule is C/C(=N/NC(=O)CN(c1cc(Cl)cc(Cl)c1)S(=O)(=O)c1ccc(C)cc1)c1cccc(NC(=O)c2ccccc2)c1. The van der Waals surface area contributed by atoms with E-state index in [2.05, 4.69) is 15.8 Å². The van der Waals surface area contributed by atoms with Crippen LogP contribution in [-0.2, 0) is 14.8 Å². The molecule has 4 rings (SSSR count). The van der Waals surface area contributed by atoms with E-state index in [0.717, 1.165) is 9.87 Å². The third-order valence-corrected chi connectivity index (χ3v) is 8.18. The molecule has 41 heavy (non-hydrogen) atoms. The smallest absolute Gasteiger partial charge is 0.264 e. The van der Waals surface area contributed by atoms with Gasteiger partial charge in [0.15, 0.2) is 0 Å². The molecule has 0 saturated carbocycles. The average molecular weight is 610 g/mol. The quantitative estimate of drug-likeness (QED) is 0.172. The molecule has 4 aromatic carbocycles. The van der Waals surface area contributed by atoms with Crippen LogP contribution in [0.2, 0.25) is 10.0 Å². The van der Waals surface area contributed by atoms with Crippen molar-refractivity contribution >= 4 is 62.1 Å². The number of amides is 2. The second-order valence-corrected chi connectivity index (χ2v) is 11.8. The van der Waals surface area contributed by atoms with Gasteiger partial charge in [-0.3, -0.25) is 13.9 Å². The molecule has 0 radical (unpaired) electrons. The van der Waals surface area contributed by atoms with Crippen molar-refractivity contribution in [1.82, 2.24) is 5.43 Å². The fraction of sp³-hybridized carbons (Fsp3) is 0.100. The lowest BCUT2D eigenvalue weighted by Gasteiger charge is -2.24. The van der Waals surface area contributed by atoms with Crippen molar-refractivity contribution in [3.05, 3.63) is 124 Å². The molecule has 0 unspecified atom stereocenters. The van der Waals surface area contributed by atoms with E-state index in [1.54, 1.807) is 67.6 Å². The maximum absolute atomic E-state index is 13.6. The number of anilines is 2. The average Bonchev–Trinajstić information content (AvgIpc) is 2.95. The summed E-state index contributed by atoms with van der Waals surface area (Å²) in [6.45, 7) is 2.93. The summed E-state index contributed by atoms with van der Waals surface area (Å²) in [4.78, 5) is 25.5. The Labute approximate surface area is 248 Å². The first-order valence-corrected chi connectivity index (χ1v) is 14.6. The molecule has 0 spiro atoms. The van der Waals surface area contributed by atoms with Crippen molar-refractivity contribution in [2.24, 2.45) is 5.10 Å². The van der Waals surface area contributed by atoms with Crippen LogP contribution in [0.5, 0.6) is 0 Å². The molecule has 2 N–H and O–H groups in total. The van der Waals surface area contributed by atoms with Gasteiger partial charge in [0.25, 0.3) is 21.8 Å². The molecular formula is C30H26Cl2N4O4S. The van der Waals surface area contributed by atoms with Crippen LogP contribution < -0.4 is 15.0 Å². The third kappa shape index (κ3) is 7.73. The van der Waals surface area contributed by atoms with Crippen LogP contribution in [0.25, 0.3) is 0 Å². The molecule has 210 valence electrons. The molecule has 11 heteroatoms. The van der Waals surface area contributed by atoms with Crippen LogP contribution in [0.3, 0.4) is 0 Å². The van der Waals surface area contributed by atoms with Gasteiger partial charge in [-0.15, -0.1) is 0 Å². The number of hydrogen-bond acceptors (Lipinski definition) is 5. The first-order chi connectivity index (χ1) is 19.5. The summed E-state index contributed by atoms with van der Waals surface area (Å²) in [5.41, 5.74) is 5.57. The molecule has 4 aromatic rings. The van der Waals surface area contributed by atoms with Gasteiger partial charge in [0.05, 0.1) is 16.3 Å². The van der Waals surface area contributed by atoms with Crippen molar-refractivity contribution in [3.63, 3.8) is 0 Å². The lowest BCUT2D eigenvalue weighted by Crippen LogP contribution is -2.39. The van der Waals surface area contributed by atoms with E-state index in [1.165, 1.54) is 30.3 Å². The molecule has 0 atom stereocenters. The molecular weight excluding hydrogens is 583 g/mol. The highest BCUT2D eigenvalue weighted by Gasteiger charge is 2.28. The van der Waals surface area contributed by atoms with Crippen molar-refractivity contribution in [3.8, 4) is 0 Å². The predicted molar refractivity (Wildman–Crippen MR) is 163 cm³/mol. The summed E-state index contributed by atoms with van der Waals surface area (Å²) >= 11 is 12.3. The Balaban J connectivity index is 1.53. The number of benzene rings is 4. The zero-order chi connectivity index (χ0) is 29.6. The fourth-order valence-electron chi connectivity index (χ4n) is 3.83. The number of rotatable bonds is 9. The van der Waals surface area contributed by atoms with Gasteiger partial charge >= 0.3 is 0 Å². The Bertz CT molecular complexity index is 1690. The minimum atomic E-state index is -4.16. The Morgan fingerprint density at radius 3 is 2.12 bits per heavy atom. The first-order valence-electron chi connectivity index (χ1n) is 12.4. The van der Waals surface area contributed by atoms with Crippen LogP contribution in [0, 0.1) is 6.92 Å². The van der Waals surface area contributed by atoms with E-state index >= 15 is 0 Å². The summed E-state index contributed by atoms with van der Waals surface area (Å²) in [5, 5.41) is 7.41. The van der Waals surface area contributed by atoms with Crippen molar-refractivity contribution in [1.29, 1.82) is 0 Å². The Morgan fingerprint density at radius 2 is 1.46 bits per heavy atom. The summed E-state index contributed by atoms with van der Waals surface area (Å²) in [7, 11) is -4.16. The highest BCUT2D eigenvalue weighted by Crippen LogP contribution is 2.29. The van der Waals surface area contributed by atoms with Crippen molar-refractivity contribution in [2.45, 2.75) is 18.7 Å². The minimum Gasteiger partial charge on any atom is -0.322 e. The maximum atomic E-state index is 13.6. The number of sulfonamides is 1. The molecule has 0 bridgehead atoms. The predicted octanol–water partition coefficient (Wildman–Crippen LogP) is 6.29. The van der Waals surface area contributed by atoms with Crippen LogP contribution in [-0.4, -0.2) is 32.5 Å². The van der Waals surface area contributed by atoms with Crippen LogP contribution in [0.1, 0.15) is 28.4 Å². The molecule has 0 saturated heterocycles. The number of hydrazone groups is 1. The minimum absolute atomic E-state index is 0.000967. The van der Waals surface area contributed by atoms with Crippen molar-refractivity contribution < 1.29 is 18.0 Å². The number of aryl methyl sites for hydroxylation is 1. The van der Waals surface area contributed by atoms with Crippen LogP contribution in [0.4, 0.5) is 11.4 Å². The van der Waals surface area contributed by atoms with E-state index in [1.807, 2.05) is 13.0 Å². The van der Waals surface area contributed by atoms with Crippen LogP contribution in [0.15, 0.2) is 107 Å². The van der Waals surface area contributed by atoms with E-state index in [4.69, 9.17) is 23.2 Å². The Morgan fingerprint density at radius 1 is 0.829 bits per heavy atom. The molecule has 0 aromatic heterocycles. The number of hydrogen-bond donors (Lipinski definition) is 2. The second kappa shape index (κ2) is 13.0. The number of nitrogens with zero attached hydrogens (tertiary/aromatic N) is 2. The molecule has 0 aliphatic heterocycles. The molecule has 2 amide bonds. The van der Waals surface area contributed by atoms with E-state index < -0.39 is 22.5 Å². The van der Waals surface area contributed by atoms with Gasteiger partial charge in [0, 0.05) is 21.3 Å². The van der Waals surface area contributed by atoms with Gasteiger partial charge in [0.2, 0.25) is 0 Å². The van der Waals surface area contributed by atoms with E-state index in [-0.39, 0.29) is 26.5 Å². The summed E-state index contributed by atoms with van der Waals surface area (Å²) in [5.74, 6) is -0.952. The third-order valence-electron chi connectivity index (χ3n) is 5.95. The second-order valence-electron chi connectivity index (χ2n) is 9.09. The number of nitrogens with one attached hydrogen (secondary N) is 2. The zero-order valence-electron chi connectivity index (χ0n) is 22.1. The maximum Gasteiger partial charge on any atom is 0.264 e. The van der Waals surface area contributed by atoms with Crippen LogP contribution >= 0.6 is 23.2 Å². The van der Waals surface area contributed by atoms with Crippen molar-refractivity contribution in [2.75, 3.05) is 16.2 Å². The fourth-order valence-corrected chi connectivity index (χ4v) is 5.75.